The highest BCUT2D eigenvalue weighted by atomic mass is 16.4. The van der Waals surface area contributed by atoms with Crippen molar-refractivity contribution < 1.29 is 14.7 Å². The molecule has 1 saturated heterocycles. The second-order valence-electron chi connectivity index (χ2n) is 9.06. The Kier molecular flexibility index (Phi) is 5.89. The van der Waals surface area contributed by atoms with E-state index in [1.165, 1.54) is 12.8 Å². The number of amides is 1. The number of rotatable bonds is 5. The van der Waals surface area contributed by atoms with Gasteiger partial charge in [-0.25, -0.2) is 9.78 Å². The van der Waals surface area contributed by atoms with Gasteiger partial charge in [0.15, 0.2) is 0 Å². The van der Waals surface area contributed by atoms with Crippen LogP contribution >= 0.6 is 0 Å². The summed E-state index contributed by atoms with van der Waals surface area (Å²) in [5.74, 6) is -0.0285. The second-order valence-corrected chi connectivity index (χ2v) is 9.06. The van der Waals surface area contributed by atoms with Crippen molar-refractivity contribution >= 4 is 22.9 Å². The zero-order chi connectivity index (χ0) is 22.9. The molecule has 33 heavy (non-hydrogen) atoms. The molecule has 1 aromatic heterocycles. The number of carbonyl (C=O) groups is 2. The van der Waals surface area contributed by atoms with Crippen LogP contribution in [0, 0.1) is 0 Å². The molecule has 2 heterocycles. The van der Waals surface area contributed by atoms with Crippen molar-refractivity contribution in [2.24, 2.45) is 0 Å². The smallest absolute Gasteiger partial charge is 0.335 e. The number of hydrogen-bond donors (Lipinski definition) is 1. The monoisotopic (exact) mass is 446 g/mol. The van der Waals surface area contributed by atoms with Crippen molar-refractivity contribution in [3.8, 4) is 11.4 Å². The lowest BCUT2D eigenvalue weighted by molar-refractivity contribution is 0.0642. The summed E-state index contributed by atoms with van der Waals surface area (Å²) in [4.78, 5) is 33.6. The molecule has 2 aliphatic rings. The van der Waals surface area contributed by atoms with Gasteiger partial charge in [0.25, 0.3) is 5.91 Å². The zero-order valence-electron chi connectivity index (χ0n) is 19.0. The average molecular weight is 447 g/mol. The third-order valence-electron chi connectivity index (χ3n) is 7.12. The summed E-state index contributed by atoms with van der Waals surface area (Å²) >= 11 is 0. The molecule has 1 aliphatic carbocycles. The molecule has 0 unspecified atom stereocenters. The fourth-order valence-corrected chi connectivity index (χ4v) is 5.18. The molecular formula is C26H30N4O3. The summed E-state index contributed by atoms with van der Waals surface area (Å²) in [5.41, 5.74) is 3.55. The lowest BCUT2D eigenvalue weighted by Crippen LogP contribution is -2.48. The number of piperazine rings is 1. The highest BCUT2D eigenvalue weighted by molar-refractivity contribution is 5.95. The Labute approximate surface area is 193 Å². The molecule has 7 nitrogen and oxygen atoms in total. The predicted octanol–water partition coefficient (Wildman–Crippen LogP) is 4.29. The van der Waals surface area contributed by atoms with Crippen LogP contribution in [0.4, 0.5) is 0 Å². The molecule has 0 bridgehead atoms. The number of likely N-dealkylation sites (N-methyl/N-ethyl adjacent to an activating group) is 1. The minimum absolute atomic E-state index is 0.0766. The van der Waals surface area contributed by atoms with E-state index < -0.39 is 5.97 Å². The maximum atomic E-state index is 13.0. The van der Waals surface area contributed by atoms with Crippen LogP contribution < -0.4 is 0 Å². The van der Waals surface area contributed by atoms with Gasteiger partial charge in [-0.15, -0.1) is 0 Å². The van der Waals surface area contributed by atoms with Gasteiger partial charge in [0.1, 0.15) is 5.82 Å². The first-order chi connectivity index (χ1) is 16.0. The van der Waals surface area contributed by atoms with Gasteiger partial charge in [-0.1, -0.05) is 31.9 Å². The highest BCUT2D eigenvalue weighted by Gasteiger charge is 2.25. The number of nitrogens with zero attached hydrogens (tertiary/aromatic N) is 4. The van der Waals surface area contributed by atoms with Crippen molar-refractivity contribution in [2.45, 2.75) is 38.6 Å². The molecule has 172 valence electrons. The van der Waals surface area contributed by atoms with Crippen LogP contribution in [-0.2, 0) is 0 Å². The Morgan fingerprint density at radius 1 is 0.970 bits per heavy atom. The van der Waals surface area contributed by atoms with Gasteiger partial charge in [-0.3, -0.25) is 4.79 Å². The molecule has 1 saturated carbocycles. The Balaban J connectivity index is 1.46. The molecule has 7 heteroatoms. The van der Waals surface area contributed by atoms with E-state index in [-0.39, 0.29) is 11.5 Å². The normalized spacial score (nSPS) is 17.7. The molecule has 2 aromatic carbocycles. The lowest BCUT2D eigenvalue weighted by Gasteiger charge is -2.34. The molecule has 0 atom stereocenters. The summed E-state index contributed by atoms with van der Waals surface area (Å²) in [6.45, 7) is 6.54. The van der Waals surface area contributed by atoms with E-state index in [0.29, 0.717) is 17.1 Å². The quantitative estimate of drug-likeness (QED) is 0.632. The summed E-state index contributed by atoms with van der Waals surface area (Å²) in [7, 11) is 0. The van der Waals surface area contributed by atoms with E-state index in [4.69, 9.17) is 4.98 Å². The molecule has 5 rings (SSSR count). The van der Waals surface area contributed by atoms with E-state index in [1.807, 2.05) is 35.2 Å². The van der Waals surface area contributed by atoms with E-state index in [2.05, 4.69) is 16.4 Å². The first-order valence-electron chi connectivity index (χ1n) is 11.9. The SMILES string of the molecule is CCN1CCN(C(=O)c2ccc(-c3nc4cc(C(=O)O)ccc4n3C3CCCC3)cc2)CC1. The maximum absolute atomic E-state index is 13.0. The average Bonchev–Trinajstić information content (AvgIpc) is 3.51. The minimum atomic E-state index is -0.948. The summed E-state index contributed by atoms with van der Waals surface area (Å²) in [6.07, 6.45) is 4.57. The Bertz CT molecular complexity index is 1170. The van der Waals surface area contributed by atoms with Gasteiger partial charge in [0.2, 0.25) is 0 Å². The number of carboxylic acids is 1. The number of hydrogen-bond acceptors (Lipinski definition) is 4. The number of benzene rings is 2. The van der Waals surface area contributed by atoms with Gasteiger partial charge in [-0.2, -0.15) is 0 Å². The second kappa shape index (κ2) is 8.98. The van der Waals surface area contributed by atoms with Crippen LogP contribution in [-0.4, -0.2) is 69.1 Å². The molecule has 1 N–H and O–H groups in total. The van der Waals surface area contributed by atoms with E-state index >= 15 is 0 Å². The van der Waals surface area contributed by atoms with Crippen molar-refractivity contribution in [3.63, 3.8) is 0 Å². The number of aromatic carboxylic acids is 1. The Morgan fingerprint density at radius 2 is 1.64 bits per heavy atom. The number of carbonyl (C=O) groups excluding carboxylic acids is 1. The molecule has 3 aromatic rings. The maximum Gasteiger partial charge on any atom is 0.335 e. The van der Waals surface area contributed by atoms with Crippen LogP contribution in [0.1, 0.15) is 59.4 Å². The fraction of sp³-hybridized carbons (Fsp3) is 0.423. The highest BCUT2D eigenvalue weighted by Crippen LogP contribution is 2.37. The molecule has 1 amide bonds. The fourth-order valence-electron chi connectivity index (χ4n) is 5.18. The number of carboxylic acid groups (broad SMARTS) is 1. The van der Waals surface area contributed by atoms with Gasteiger partial charge in [-0.05, 0) is 49.7 Å². The topological polar surface area (TPSA) is 78.7 Å². The van der Waals surface area contributed by atoms with Crippen LogP contribution in [0.3, 0.4) is 0 Å². The van der Waals surface area contributed by atoms with Crippen molar-refractivity contribution in [1.29, 1.82) is 0 Å². The predicted molar refractivity (Wildman–Crippen MR) is 128 cm³/mol. The van der Waals surface area contributed by atoms with E-state index in [9.17, 15) is 14.7 Å². The molecule has 1 aliphatic heterocycles. The first-order valence-corrected chi connectivity index (χ1v) is 11.9. The van der Waals surface area contributed by atoms with Crippen LogP contribution in [0.5, 0.6) is 0 Å². The van der Waals surface area contributed by atoms with Crippen LogP contribution in [0.25, 0.3) is 22.4 Å². The van der Waals surface area contributed by atoms with Gasteiger partial charge < -0.3 is 19.5 Å². The minimum Gasteiger partial charge on any atom is -0.478 e. The summed E-state index contributed by atoms with van der Waals surface area (Å²) in [5, 5.41) is 9.39. The van der Waals surface area contributed by atoms with Gasteiger partial charge in [0, 0.05) is 43.3 Å². The largest absolute Gasteiger partial charge is 0.478 e. The zero-order valence-corrected chi connectivity index (χ0v) is 19.0. The summed E-state index contributed by atoms with van der Waals surface area (Å²) in [6, 6.07) is 13.3. The van der Waals surface area contributed by atoms with Crippen molar-refractivity contribution in [1.82, 2.24) is 19.4 Å². The Hall–Kier alpha value is -3.19. The van der Waals surface area contributed by atoms with Crippen LogP contribution in [0.2, 0.25) is 0 Å². The van der Waals surface area contributed by atoms with E-state index in [0.717, 1.165) is 62.5 Å². The molecular weight excluding hydrogens is 416 g/mol. The molecule has 0 spiro atoms. The molecule has 0 radical (unpaired) electrons. The van der Waals surface area contributed by atoms with Crippen LogP contribution in [0.15, 0.2) is 42.5 Å². The van der Waals surface area contributed by atoms with Crippen molar-refractivity contribution in [2.75, 3.05) is 32.7 Å². The van der Waals surface area contributed by atoms with E-state index in [1.54, 1.807) is 12.1 Å². The Morgan fingerprint density at radius 3 is 2.27 bits per heavy atom. The first kappa shape index (κ1) is 21.6. The number of aromatic nitrogens is 2. The third kappa shape index (κ3) is 4.13. The number of imidazole rings is 1. The van der Waals surface area contributed by atoms with Gasteiger partial charge in [0.05, 0.1) is 16.6 Å². The third-order valence-corrected chi connectivity index (χ3v) is 7.12. The summed E-state index contributed by atoms with van der Waals surface area (Å²) < 4.78 is 2.27. The molecule has 2 fully saturated rings. The standard InChI is InChI=1S/C26H30N4O3/c1-2-28-13-15-29(16-14-28)25(31)19-9-7-18(8-10-19)24-27-22-17-20(26(32)33)11-12-23(22)30(24)21-5-3-4-6-21/h7-12,17,21H,2-6,13-16H2,1H3,(H,32,33). The van der Waals surface area contributed by atoms with Crippen molar-refractivity contribution in [3.05, 3.63) is 53.6 Å². The lowest BCUT2D eigenvalue weighted by atomic mass is 10.1. The van der Waals surface area contributed by atoms with Gasteiger partial charge >= 0.3 is 5.97 Å². The number of fused-ring (bicyclic) bond motifs is 1.